The first kappa shape index (κ1) is 45.2. The smallest absolute Gasteiger partial charge is 0.287 e. The Hall–Kier alpha value is 1.11. The molecule has 1 radical (unpaired) electrons. The molecule has 0 saturated heterocycles. The zero-order chi connectivity index (χ0) is 30.0. The number of hydrogen-bond acceptors (Lipinski definition) is 4. The molecule has 6 heteroatoms. The summed E-state index contributed by atoms with van der Waals surface area (Å²) in [4.78, 5) is 0. The van der Waals surface area contributed by atoms with Gasteiger partial charge in [0.05, 0.1) is 19.8 Å². The van der Waals surface area contributed by atoms with Crippen molar-refractivity contribution in [1.29, 1.82) is 0 Å². The predicted molar refractivity (Wildman–Crippen MR) is 187 cm³/mol. The molecule has 0 aliphatic carbocycles. The van der Waals surface area contributed by atoms with Gasteiger partial charge in [-0.15, -0.1) is 0 Å². The van der Waals surface area contributed by atoms with Gasteiger partial charge in [0.1, 0.15) is 0 Å². The number of rotatable bonds is 36. The maximum atomic E-state index is 13.3. The molecule has 0 heterocycles. The van der Waals surface area contributed by atoms with Crippen molar-refractivity contribution < 1.29 is 18.1 Å². The average molecular weight is 626 g/mol. The molecule has 0 N–H and O–H groups in total. The van der Waals surface area contributed by atoms with E-state index in [-0.39, 0.29) is 29.6 Å². The van der Waals surface area contributed by atoms with Gasteiger partial charge in [-0.2, -0.15) is 0 Å². The zero-order valence-electron chi connectivity index (χ0n) is 29.4. The summed E-state index contributed by atoms with van der Waals surface area (Å²) in [7, 11) is -3.45. The molecule has 42 heavy (non-hydrogen) atoms. The molecule has 0 rings (SSSR count). The summed E-state index contributed by atoms with van der Waals surface area (Å²) >= 11 is 0. The molecule has 0 saturated carbocycles. The van der Waals surface area contributed by atoms with E-state index in [9.17, 15) is 4.57 Å². The third-order valence-electron chi connectivity index (χ3n) is 8.24. The first-order chi connectivity index (χ1) is 20.2. The topological polar surface area (TPSA) is 44.8 Å². The van der Waals surface area contributed by atoms with Gasteiger partial charge in [0, 0.05) is 29.6 Å². The third-order valence-corrected chi connectivity index (χ3v) is 9.74. The van der Waals surface area contributed by atoms with Crippen LogP contribution in [-0.2, 0) is 18.1 Å². The maximum Gasteiger partial charge on any atom is 0.474 e. The molecule has 0 aliphatic heterocycles. The van der Waals surface area contributed by atoms with Gasteiger partial charge in [-0.1, -0.05) is 194 Å². The molecule has 0 atom stereocenters. The normalized spacial score (nSPS) is 11.7. The Bertz CT molecular complexity index is 463. The van der Waals surface area contributed by atoms with E-state index < -0.39 is 7.82 Å². The number of phosphoric acid groups is 1. The second kappa shape index (κ2) is 38.3. The molecule has 0 bridgehead atoms. The van der Waals surface area contributed by atoms with Crippen molar-refractivity contribution in [1.82, 2.24) is 0 Å². The van der Waals surface area contributed by atoms with E-state index in [1.165, 1.54) is 154 Å². The van der Waals surface area contributed by atoms with E-state index in [2.05, 4.69) is 20.8 Å². The molecule has 0 aromatic carbocycles. The van der Waals surface area contributed by atoms with Crippen molar-refractivity contribution >= 4 is 37.4 Å². The Balaban J connectivity index is 0. The SMILES string of the molecule is CCCCCCCCCCCCOP(=O)(OCCCCCCCCCCCC)OCCCCCCCCCCCC.[Na]. The third kappa shape index (κ3) is 35.6. The predicted octanol–water partition coefficient (Wildman–Crippen LogP) is 13.5. The fourth-order valence-electron chi connectivity index (χ4n) is 5.41. The van der Waals surface area contributed by atoms with Gasteiger partial charge in [-0.3, -0.25) is 13.6 Å². The minimum atomic E-state index is -3.45. The van der Waals surface area contributed by atoms with E-state index in [4.69, 9.17) is 13.6 Å². The van der Waals surface area contributed by atoms with E-state index in [0.29, 0.717) is 19.8 Å². The van der Waals surface area contributed by atoms with Crippen LogP contribution in [0.5, 0.6) is 0 Å². The van der Waals surface area contributed by atoms with Crippen LogP contribution in [-0.4, -0.2) is 49.4 Å². The molecule has 0 fully saturated rings. The number of unbranched alkanes of at least 4 members (excludes halogenated alkanes) is 27. The summed E-state index contributed by atoms with van der Waals surface area (Å²) in [5.74, 6) is 0. The monoisotopic (exact) mass is 626 g/mol. The molecular weight excluding hydrogens is 550 g/mol. The summed E-state index contributed by atoms with van der Waals surface area (Å²) in [6.45, 7) is 8.24. The van der Waals surface area contributed by atoms with Gasteiger partial charge < -0.3 is 0 Å². The van der Waals surface area contributed by atoms with Gasteiger partial charge >= 0.3 is 7.82 Å². The molecule has 0 aromatic heterocycles. The van der Waals surface area contributed by atoms with E-state index >= 15 is 0 Å². The van der Waals surface area contributed by atoms with Crippen LogP contribution < -0.4 is 0 Å². The fourth-order valence-corrected chi connectivity index (χ4v) is 6.69. The van der Waals surface area contributed by atoms with Crippen molar-refractivity contribution in [2.75, 3.05) is 19.8 Å². The molecule has 249 valence electrons. The first-order valence-electron chi connectivity index (χ1n) is 18.7. The van der Waals surface area contributed by atoms with Crippen LogP contribution in [0.3, 0.4) is 0 Å². The van der Waals surface area contributed by atoms with Crippen LogP contribution in [0, 0.1) is 0 Å². The van der Waals surface area contributed by atoms with Gasteiger partial charge in [-0.05, 0) is 19.3 Å². The van der Waals surface area contributed by atoms with Gasteiger partial charge in [0.15, 0.2) is 0 Å². The van der Waals surface area contributed by atoms with E-state index in [1.54, 1.807) is 0 Å². The second-order valence-electron chi connectivity index (χ2n) is 12.5. The van der Waals surface area contributed by atoms with Crippen LogP contribution in [0.4, 0.5) is 0 Å². The Morgan fingerprint density at radius 1 is 0.310 bits per heavy atom. The van der Waals surface area contributed by atoms with Crippen LogP contribution in [0.1, 0.15) is 213 Å². The summed E-state index contributed by atoms with van der Waals surface area (Å²) in [5, 5.41) is 0. The molecule has 0 spiro atoms. The number of phosphoric ester groups is 1. The van der Waals surface area contributed by atoms with E-state index in [1.807, 2.05) is 0 Å². The van der Waals surface area contributed by atoms with E-state index in [0.717, 1.165) is 38.5 Å². The Morgan fingerprint density at radius 3 is 0.667 bits per heavy atom. The molecule has 0 unspecified atom stereocenters. The molecular formula is C36H75NaO4P. The number of hydrogen-bond donors (Lipinski definition) is 0. The molecule has 4 nitrogen and oxygen atoms in total. The second-order valence-corrected chi connectivity index (χ2v) is 14.2. The Kier molecular flexibility index (Phi) is 41.2. The summed E-state index contributed by atoms with van der Waals surface area (Å²) in [6.07, 6.45) is 38.3. The van der Waals surface area contributed by atoms with Crippen LogP contribution in [0.25, 0.3) is 0 Å². The van der Waals surface area contributed by atoms with Crippen molar-refractivity contribution in [3.8, 4) is 0 Å². The van der Waals surface area contributed by atoms with Crippen LogP contribution in [0.15, 0.2) is 0 Å². The molecule has 0 aromatic rings. The molecule has 0 amide bonds. The fraction of sp³-hybridized carbons (Fsp3) is 1.00. The quantitative estimate of drug-likeness (QED) is 0.0395. The van der Waals surface area contributed by atoms with Crippen LogP contribution in [0.2, 0.25) is 0 Å². The maximum absolute atomic E-state index is 13.3. The van der Waals surface area contributed by atoms with Gasteiger partial charge in [0.25, 0.3) is 0 Å². The summed E-state index contributed by atoms with van der Waals surface area (Å²) < 4.78 is 30.7. The standard InChI is InChI=1S/C36H75O4P.Na/c1-4-7-10-13-16-19-22-25-28-31-34-38-41(37,39-35-32-29-26-23-20-17-14-11-8-5-2)40-36-33-30-27-24-21-18-15-12-9-6-3;/h4-36H2,1-3H3;. The summed E-state index contributed by atoms with van der Waals surface area (Å²) in [6, 6.07) is 0. The van der Waals surface area contributed by atoms with Gasteiger partial charge in [-0.25, -0.2) is 4.57 Å². The Labute approximate surface area is 287 Å². The van der Waals surface area contributed by atoms with Crippen molar-refractivity contribution in [3.63, 3.8) is 0 Å². The zero-order valence-corrected chi connectivity index (χ0v) is 32.3. The van der Waals surface area contributed by atoms with Crippen molar-refractivity contribution in [2.45, 2.75) is 213 Å². The minimum absolute atomic E-state index is 0. The largest absolute Gasteiger partial charge is 0.474 e. The average Bonchev–Trinajstić information content (AvgIpc) is 2.97. The Morgan fingerprint density at radius 2 is 0.476 bits per heavy atom. The minimum Gasteiger partial charge on any atom is -0.287 e. The van der Waals surface area contributed by atoms with Crippen molar-refractivity contribution in [3.05, 3.63) is 0 Å². The van der Waals surface area contributed by atoms with Crippen molar-refractivity contribution in [2.24, 2.45) is 0 Å². The van der Waals surface area contributed by atoms with Gasteiger partial charge in [0.2, 0.25) is 0 Å². The summed E-state index contributed by atoms with van der Waals surface area (Å²) in [5.41, 5.74) is 0. The first-order valence-corrected chi connectivity index (χ1v) is 20.2. The van der Waals surface area contributed by atoms with Crippen LogP contribution >= 0.6 is 7.82 Å². The molecule has 0 aliphatic rings.